The summed E-state index contributed by atoms with van der Waals surface area (Å²) in [4.78, 5) is 12.4. The van der Waals surface area contributed by atoms with E-state index in [0.717, 1.165) is 25.7 Å². The maximum absolute atomic E-state index is 13.8. The molecule has 1 amide bonds. The Morgan fingerprint density at radius 1 is 1.10 bits per heavy atom. The van der Waals surface area contributed by atoms with Crippen LogP contribution in [0.5, 0.6) is 0 Å². The number of rotatable bonds is 2. The SMILES string of the molecule is O=C(NC1CCCCC1O)c1ccc(F)c2ccccc12. The lowest BCUT2D eigenvalue weighted by Crippen LogP contribution is -2.45. The average Bonchev–Trinajstić information content (AvgIpc) is 2.50. The number of carbonyl (C=O) groups is 1. The molecule has 0 radical (unpaired) electrons. The largest absolute Gasteiger partial charge is 0.391 e. The van der Waals surface area contributed by atoms with Gasteiger partial charge in [0.2, 0.25) is 0 Å². The molecule has 2 atom stereocenters. The van der Waals surface area contributed by atoms with E-state index in [2.05, 4.69) is 5.32 Å². The lowest BCUT2D eigenvalue weighted by Gasteiger charge is -2.28. The maximum Gasteiger partial charge on any atom is 0.252 e. The van der Waals surface area contributed by atoms with Gasteiger partial charge in [-0.05, 0) is 30.4 Å². The number of amides is 1. The number of aliphatic hydroxyl groups excluding tert-OH is 1. The number of nitrogens with one attached hydrogen (secondary N) is 1. The van der Waals surface area contributed by atoms with Crippen molar-refractivity contribution in [3.8, 4) is 0 Å². The molecule has 3 rings (SSSR count). The van der Waals surface area contributed by atoms with Crippen molar-refractivity contribution in [2.45, 2.75) is 37.8 Å². The summed E-state index contributed by atoms with van der Waals surface area (Å²) in [6, 6.07) is 9.54. The summed E-state index contributed by atoms with van der Waals surface area (Å²) < 4.78 is 13.8. The Hall–Kier alpha value is -1.94. The van der Waals surface area contributed by atoms with Gasteiger partial charge in [0.15, 0.2) is 0 Å². The summed E-state index contributed by atoms with van der Waals surface area (Å²) in [5.41, 5.74) is 0.449. The van der Waals surface area contributed by atoms with Gasteiger partial charge in [0.1, 0.15) is 5.82 Å². The molecule has 2 unspecified atom stereocenters. The molecular formula is C17H18FNO2. The summed E-state index contributed by atoms with van der Waals surface area (Å²) in [5, 5.41) is 13.9. The van der Waals surface area contributed by atoms with Crippen LogP contribution in [0.3, 0.4) is 0 Å². The van der Waals surface area contributed by atoms with Crippen LogP contribution in [0.25, 0.3) is 10.8 Å². The Morgan fingerprint density at radius 3 is 2.57 bits per heavy atom. The molecule has 3 nitrogen and oxygen atoms in total. The molecule has 0 heterocycles. The van der Waals surface area contributed by atoms with Gasteiger partial charge < -0.3 is 10.4 Å². The van der Waals surface area contributed by atoms with Gasteiger partial charge in [-0.15, -0.1) is 0 Å². The van der Waals surface area contributed by atoms with Crippen LogP contribution < -0.4 is 5.32 Å². The monoisotopic (exact) mass is 287 g/mol. The van der Waals surface area contributed by atoms with E-state index >= 15 is 0 Å². The third-order valence-corrected chi connectivity index (χ3v) is 4.16. The van der Waals surface area contributed by atoms with Crippen LogP contribution in [0.15, 0.2) is 36.4 Å². The second kappa shape index (κ2) is 5.82. The molecule has 1 aliphatic carbocycles. The van der Waals surface area contributed by atoms with Crippen molar-refractivity contribution in [3.63, 3.8) is 0 Å². The first kappa shape index (κ1) is 14.0. The Balaban J connectivity index is 1.89. The number of aliphatic hydroxyl groups is 1. The van der Waals surface area contributed by atoms with Gasteiger partial charge in [-0.1, -0.05) is 37.1 Å². The minimum atomic E-state index is -0.491. The van der Waals surface area contributed by atoms with Crippen LogP contribution in [0.2, 0.25) is 0 Å². The van der Waals surface area contributed by atoms with Crippen molar-refractivity contribution < 1.29 is 14.3 Å². The van der Waals surface area contributed by atoms with Crippen molar-refractivity contribution in [1.29, 1.82) is 0 Å². The van der Waals surface area contributed by atoms with Gasteiger partial charge in [-0.3, -0.25) is 4.79 Å². The van der Waals surface area contributed by atoms with Crippen LogP contribution in [-0.2, 0) is 0 Å². The molecule has 2 N–H and O–H groups in total. The van der Waals surface area contributed by atoms with E-state index in [9.17, 15) is 14.3 Å². The van der Waals surface area contributed by atoms with E-state index in [1.54, 1.807) is 24.3 Å². The fourth-order valence-electron chi connectivity index (χ4n) is 2.99. The summed E-state index contributed by atoms with van der Waals surface area (Å²) in [6.45, 7) is 0. The minimum absolute atomic E-state index is 0.213. The molecule has 0 bridgehead atoms. The van der Waals surface area contributed by atoms with Crippen molar-refractivity contribution in [1.82, 2.24) is 5.32 Å². The van der Waals surface area contributed by atoms with Crippen LogP contribution >= 0.6 is 0 Å². The van der Waals surface area contributed by atoms with Crippen LogP contribution in [0, 0.1) is 5.82 Å². The highest BCUT2D eigenvalue weighted by Gasteiger charge is 2.25. The van der Waals surface area contributed by atoms with E-state index in [1.807, 2.05) is 0 Å². The average molecular weight is 287 g/mol. The summed E-state index contributed by atoms with van der Waals surface area (Å²) in [6.07, 6.45) is 3.01. The molecule has 4 heteroatoms. The second-order valence-electron chi connectivity index (χ2n) is 5.57. The van der Waals surface area contributed by atoms with Crippen molar-refractivity contribution >= 4 is 16.7 Å². The summed E-state index contributed by atoms with van der Waals surface area (Å²) in [7, 11) is 0. The topological polar surface area (TPSA) is 49.3 Å². The molecule has 0 spiro atoms. The zero-order valence-electron chi connectivity index (χ0n) is 11.7. The first-order valence-corrected chi connectivity index (χ1v) is 7.33. The predicted octanol–water partition coefficient (Wildman–Crippen LogP) is 3.01. The molecule has 1 saturated carbocycles. The van der Waals surface area contributed by atoms with E-state index in [1.165, 1.54) is 12.1 Å². The first-order chi connectivity index (χ1) is 10.2. The molecular weight excluding hydrogens is 269 g/mol. The zero-order valence-corrected chi connectivity index (χ0v) is 11.7. The highest BCUT2D eigenvalue weighted by molar-refractivity contribution is 6.07. The number of halogens is 1. The van der Waals surface area contributed by atoms with Gasteiger partial charge in [-0.25, -0.2) is 4.39 Å². The fourth-order valence-corrected chi connectivity index (χ4v) is 2.99. The molecule has 0 saturated heterocycles. The molecule has 0 aromatic heterocycles. The Kier molecular flexibility index (Phi) is 3.88. The van der Waals surface area contributed by atoms with E-state index < -0.39 is 6.10 Å². The van der Waals surface area contributed by atoms with Crippen molar-refractivity contribution in [3.05, 3.63) is 47.8 Å². The first-order valence-electron chi connectivity index (χ1n) is 7.33. The number of hydrogen-bond donors (Lipinski definition) is 2. The van der Waals surface area contributed by atoms with Crippen LogP contribution in [0.1, 0.15) is 36.0 Å². The summed E-state index contributed by atoms with van der Waals surface area (Å²) >= 11 is 0. The minimum Gasteiger partial charge on any atom is -0.391 e. The third kappa shape index (κ3) is 2.76. The number of benzene rings is 2. The molecule has 21 heavy (non-hydrogen) atoms. The third-order valence-electron chi connectivity index (χ3n) is 4.16. The lowest BCUT2D eigenvalue weighted by molar-refractivity contribution is 0.0718. The smallest absolute Gasteiger partial charge is 0.252 e. The van der Waals surface area contributed by atoms with E-state index in [-0.39, 0.29) is 17.8 Å². The highest BCUT2D eigenvalue weighted by atomic mass is 19.1. The predicted molar refractivity (Wildman–Crippen MR) is 79.6 cm³/mol. The maximum atomic E-state index is 13.8. The number of hydrogen-bond acceptors (Lipinski definition) is 2. The molecule has 1 aliphatic rings. The molecule has 2 aromatic carbocycles. The zero-order chi connectivity index (χ0) is 14.8. The Labute approximate surface area is 122 Å². The molecule has 0 aliphatic heterocycles. The Morgan fingerprint density at radius 2 is 1.81 bits per heavy atom. The number of fused-ring (bicyclic) bond motifs is 1. The van der Waals surface area contributed by atoms with Gasteiger partial charge in [-0.2, -0.15) is 0 Å². The van der Waals surface area contributed by atoms with Crippen molar-refractivity contribution in [2.24, 2.45) is 0 Å². The van der Waals surface area contributed by atoms with Crippen LogP contribution in [0.4, 0.5) is 4.39 Å². The fraction of sp³-hybridized carbons (Fsp3) is 0.353. The normalized spacial score (nSPS) is 22.2. The van der Waals surface area contributed by atoms with E-state index in [0.29, 0.717) is 16.3 Å². The molecule has 110 valence electrons. The molecule has 1 fully saturated rings. The van der Waals surface area contributed by atoms with Gasteiger partial charge >= 0.3 is 0 Å². The highest BCUT2D eigenvalue weighted by Crippen LogP contribution is 2.23. The van der Waals surface area contributed by atoms with Gasteiger partial charge in [0, 0.05) is 10.9 Å². The van der Waals surface area contributed by atoms with Gasteiger partial charge in [0.05, 0.1) is 12.1 Å². The lowest BCUT2D eigenvalue weighted by atomic mass is 9.92. The van der Waals surface area contributed by atoms with E-state index in [4.69, 9.17) is 0 Å². The number of carbonyl (C=O) groups excluding carboxylic acids is 1. The van der Waals surface area contributed by atoms with Crippen LogP contribution in [-0.4, -0.2) is 23.2 Å². The van der Waals surface area contributed by atoms with Gasteiger partial charge in [0.25, 0.3) is 5.91 Å². The van der Waals surface area contributed by atoms with Crippen molar-refractivity contribution in [2.75, 3.05) is 0 Å². The standard InChI is InChI=1S/C17H18FNO2/c18-14-10-9-13(11-5-1-2-6-12(11)14)17(21)19-15-7-3-4-8-16(15)20/h1-2,5-6,9-10,15-16,20H,3-4,7-8H2,(H,19,21). The summed E-state index contributed by atoms with van der Waals surface area (Å²) in [5.74, 6) is -0.586. The molecule has 2 aromatic rings. The quantitative estimate of drug-likeness (QED) is 0.892. The Bertz CT molecular complexity index is 671. The second-order valence-corrected chi connectivity index (χ2v) is 5.57.